The zero-order valence-corrected chi connectivity index (χ0v) is 9.66. The number of nitrogens with one attached hydrogen (secondary N) is 1. The number of pyridine rings is 1. The van der Waals surface area contributed by atoms with Crippen molar-refractivity contribution in [3.8, 4) is 0 Å². The molecule has 15 heavy (non-hydrogen) atoms. The number of hydrogen-bond donors (Lipinski definition) is 1. The Morgan fingerprint density at radius 1 is 1.47 bits per heavy atom. The Morgan fingerprint density at radius 3 is 2.73 bits per heavy atom. The van der Waals surface area contributed by atoms with Crippen molar-refractivity contribution in [3.63, 3.8) is 0 Å². The van der Waals surface area contributed by atoms with Gasteiger partial charge in [-0.25, -0.2) is 0 Å². The summed E-state index contributed by atoms with van der Waals surface area (Å²) in [6.07, 6.45) is 7.85. The molecule has 1 saturated carbocycles. The number of aromatic nitrogens is 1. The molecule has 0 amide bonds. The molecule has 1 heterocycles. The first kappa shape index (κ1) is 10.6. The molecule has 82 valence electrons. The van der Waals surface area contributed by atoms with E-state index < -0.39 is 0 Å². The predicted molar refractivity (Wildman–Crippen MR) is 62.9 cm³/mol. The molecule has 1 N–H and O–H groups in total. The van der Waals surface area contributed by atoms with Gasteiger partial charge in [-0.15, -0.1) is 0 Å². The third kappa shape index (κ3) is 2.20. The van der Waals surface area contributed by atoms with Gasteiger partial charge in [-0.1, -0.05) is 26.3 Å². The first-order valence-corrected chi connectivity index (χ1v) is 5.87. The molecule has 1 aromatic rings. The zero-order valence-electron chi connectivity index (χ0n) is 9.66. The van der Waals surface area contributed by atoms with Crippen molar-refractivity contribution in [3.05, 3.63) is 30.1 Å². The van der Waals surface area contributed by atoms with E-state index in [2.05, 4.69) is 30.2 Å². The minimum absolute atomic E-state index is 0.374. The maximum absolute atomic E-state index is 4.23. The third-order valence-corrected chi connectivity index (χ3v) is 3.43. The third-order valence-electron chi connectivity index (χ3n) is 3.43. The van der Waals surface area contributed by atoms with Gasteiger partial charge in [0.1, 0.15) is 0 Å². The summed E-state index contributed by atoms with van der Waals surface area (Å²) in [7, 11) is 0. The second-order valence-corrected chi connectivity index (χ2v) is 4.91. The van der Waals surface area contributed by atoms with Crippen LogP contribution in [0.1, 0.15) is 38.7 Å². The average molecular weight is 204 g/mol. The van der Waals surface area contributed by atoms with Crippen LogP contribution in [-0.4, -0.2) is 17.6 Å². The lowest BCUT2D eigenvalue weighted by Crippen LogP contribution is -2.45. The van der Waals surface area contributed by atoms with Crippen LogP contribution in [0.3, 0.4) is 0 Å². The van der Waals surface area contributed by atoms with Crippen LogP contribution in [0.15, 0.2) is 24.5 Å². The SMILES string of the molecule is CC(C)NCC1(c2cccnc2)CCC1. The summed E-state index contributed by atoms with van der Waals surface area (Å²) in [6, 6.07) is 4.83. The molecule has 0 aliphatic heterocycles. The molecule has 1 aromatic heterocycles. The van der Waals surface area contributed by atoms with E-state index in [4.69, 9.17) is 0 Å². The molecular formula is C13H20N2. The summed E-state index contributed by atoms with van der Waals surface area (Å²) in [5.41, 5.74) is 1.78. The van der Waals surface area contributed by atoms with Gasteiger partial charge in [0, 0.05) is 30.4 Å². The Labute approximate surface area is 92.1 Å². The van der Waals surface area contributed by atoms with Gasteiger partial charge >= 0.3 is 0 Å². The highest BCUT2D eigenvalue weighted by molar-refractivity contribution is 5.25. The van der Waals surface area contributed by atoms with Crippen LogP contribution in [0.25, 0.3) is 0 Å². The highest BCUT2D eigenvalue weighted by Crippen LogP contribution is 2.42. The first-order chi connectivity index (χ1) is 7.23. The molecular weight excluding hydrogens is 184 g/mol. The summed E-state index contributed by atoms with van der Waals surface area (Å²) in [6.45, 7) is 5.50. The van der Waals surface area contributed by atoms with Gasteiger partial charge in [-0.3, -0.25) is 4.98 Å². The van der Waals surface area contributed by atoms with E-state index in [0.717, 1.165) is 6.54 Å². The Balaban J connectivity index is 2.08. The fourth-order valence-electron chi connectivity index (χ4n) is 2.25. The van der Waals surface area contributed by atoms with Crippen LogP contribution in [-0.2, 0) is 5.41 Å². The molecule has 2 heteroatoms. The number of nitrogens with zero attached hydrogens (tertiary/aromatic N) is 1. The lowest BCUT2D eigenvalue weighted by Gasteiger charge is -2.43. The van der Waals surface area contributed by atoms with E-state index in [0.29, 0.717) is 11.5 Å². The average Bonchev–Trinajstić information content (AvgIpc) is 2.17. The highest BCUT2D eigenvalue weighted by Gasteiger charge is 2.38. The number of rotatable bonds is 4. The van der Waals surface area contributed by atoms with Crippen LogP contribution in [0.4, 0.5) is 0 Å². The lowest BCUT2D eigenvalue weighted by molar-refractivity contribution is 0.228. The monoisotopic (exact) mass is 204 g/mol. The smallest absolute Gasteiger partial charge is 0.0306 e. The second-order valence-electron chi connectivity index (χ2n) is 4.91. The molecule has 0 bridgehead atoms. The summed E-state index contributed by atoms with van der Waals surface area (Å²) in [4.78, 5) is 4.23. The molecule has 0 aromatic carbocycles. The molecule has 0 saturated heterocycles. The maximum Gasteiger partial charge on any atom is 0.0306 e. The van der Waals surface area contributed by atoms with Gasteiger partial charge in [0.05, 0.1) is 0 Å². The van der Waals surface area contributed by atoms with Gasteiger partial charge in [0.2, 0.25) is 0 Å². The summed E-state index contributed by atoms with van der Waals surface area (Å²) < 4.78 is 0. The molecule has 0 atom stereocenters. The van der Waals surface area contributed by atoms with Crippen LogP contribution in [0, 0.1) is 0 Å². The van der Waals surface area contributed by atoms with E-state index in [9.17, 15) is 0 Å². The van der Waals surface area contributed by atoms with Crippen molar-refractivity contribution in [2.24, 2.45) is 0 Å². The molecule has 0 spiro atoms. The second kappa shape index (κ2) is 4.31. The molecule has 2 nitrogen and oxygen atoms in total. The lowest BCUT2D eigenvalue weighted by atomic mass is 9.64. The van der Waals surface area contributed by atoms with Crippen molar-refractivity contribution < 1.29 is 0 Å². The predicted octanol–water partition coefficient (Wildman–Crippen LogP) is 2.50. The van der Waals surface area contributed by atoms with Crippen molar-refractivity contribution in [1.82, 2.24) is 10.3 Å². The largest absolute Gasteiger partial charge is 0.314 e. The minimum Gasteiger partial charge on any atom is -0.314 e. The zero-order chi connectivity index (χ0) is 10.7. The summed E-state index contributed by atoms with van der Waals surface area (Å²) in [5, 5.41) is 3.56. The highest BCUT2D eigenvalue weighted by atomic mass is 14.9. The van der Waals surface area contributed by atoms with Crippen molar-refractivity contribution in [1.29, 1.82) is 0 Å². The Bertz CT molecular complexity index is 302. The topological polar surface area (TPSA) is 24.9 Å². The molecule has 2 rings (SSSR count). The van der Waals surface area contributed by atoms with Crippen LogP contribution in [0.5, 0.6) is 0 Å². The standard InChI is InChI=1S/C13H20N2/c1-11(2)15-10-13(6-4-7-13)12-5-3-8-14-9-12/h3,5,8-9,11,15H,4,6-7,10H2,1-2H3. The van der Waals surface area contributed by atoms with E-state index in [-0.39, 0.29) is 0 Å². The van der Waals surface area contributed by atoms with Gasteiger partial charge in [-0.05, 0) is 24.5 Å². The van der Waals surface area contributed by atoms with Gasteiger partial charge < -0.3 is 5.32 Å². The number of hydrogen-bond acceptors (Lipinski definition) is 2. The van der Waals surface area contributed by atoms with Gasteiger partial charge in [0.15, 0.2) is 0 Å². The maximum atomic E-state index is 4.23. The normalized spacial score (nSPS) is 18.9. The van der Waals surface area contributed by atoms with E-state index in [1.54, 1.807) is 0 Å². The Kier molecular flexibility index (Phi) is 3.06. The van der Waals surface area contributed by atoms with Crippen LogP contribution < -0.4 is 5.32 Å². The van der Waals surface area contributed by atoms with Crippen molar-refractivity contribution in [2.75, 3.05) is 6.54 Å². The van der Waals surface area contributed by atoms with Crippen LogP contribution >= 0.6 is 0 Å². The fraction of sp³-hybridized carbons (Fsp3) is 0.615. The first-order valence-electron chi connectivity index (χ1n) is 5.87. The summed E-state index contributed by atoms with van der Waals surface area (Å²) in [5.74, 6) is 0. The van der Waals surface area contributed by atoms with Crippen LogP contribution in [0.2, 0.25) is 0 Å². The van der Waals surface area contributed by atoms with Crippen molar-refractivity contribution >= 4 is 0 Å². The van der Waals surface area contributed by atoms with E-state index in [1.807, 2.05) is 18.5 Å². The van der Waals surface area contributed by atoms with Gasteiger partial charge in [-0.2, -0.15) is 0 Å². The van der Waals surface area contributed by atoms with Gasteiger partial charge in [0.25, 0.3) is 0 Å². The quantitative estimate of drug-likeness (QED) is 0.815. The minimum atomic E-state index is 0.374. The molecule has 0 radical (unpaired) electrons. The fourth-order valence-corrected chi connectivity index (χ4v) is 2.25. The molecule has 1 aliphatic carbocycles. The van der Waals surface area contributed by atoms with E-state index in [1.165, 1.54) is 24.8 Å². The van der Waals surface area contributed by atoms with Crippen molar-refractivity contribution in [2.45, 2.75) is 44.6 Å². The molecule has 1 aliphatic rings. The summed E-state index contributed by atoms with van der Waals surface area (Å²) >= 11 is 0. The Hall–Kier alpha value is -0.890. The van der Waals surface area contributed by atoms with E-state index >= 15 is 0 Å². The Morgan fingerprint density at radius 2 is 2.27 bits per heavy atom. The molecule has 1 fully saturated rings. The molecule has 0 unspecified atom stereocenters.